The molecule has 0 fully saturated rings. The average Bonchev–Trinajstić information content (AvgIpc) is 3.69. The molecule has 1 heteroatoms. The van der Waals surface area contributed by atoms with Gasteiger partial charge in [0, 0.05) is 31.0 Å². The summed E-state index contributed by atoms with van der Waals surface area (Å²) in [6.07, 6.45) is 0. The Hall–Kier alpha value is -6.02. The number of thiophene rings is 1. The van der Waals surface area contributed by atoms with Gasteiger partial charge in [-0.2, -0.15) is 0 Å². The number of hydrogen-bond acceptors (Lipinski definition) is 1. The van der Waals surface area contributed by atoms with Gasteiger partial charge >= 0.3 is 0 Å². The first kappa shape index (κ1) is 29.7. The Morgan fingerprint density at radius 3 is 1.60 bits per heavy atom. The molecule has 1 aromatic heterocycles. The molecule has 0 radical (unpaired) electrons. The highest BCUT2D eigenvalue weighted by Crippen LogP contribution is 2.55. The van der Waals surface area contributed by atoms with Crippen molar-refractivity contribution in [3.63, 3.8) is 0 Å². The van der Waals surface area contributed by atoms with Gasteiger partial charge in [0.05, 0.1) is 0 Å². The lowest BCUT2D eigenvalue weighted by atomic mass is 9.82. The van der Waals surface area contributed by atoms with Gasteiger partial charge in [0.2, 0.25) is 0 Å². The number of rotatable bonds is 3. The molecule has 1 aliphatic rings. The molecule has 244 valence electrons. The number of hydrogen-bond donors (Lipinski definition) is 0. The van der Waals surface area contributed by atoms with E-state index in [1.807, 2.05) is 11.3 Å². The molecular weight excluding hydrogens is 645 g/mol. The second-order valence-corrected chi connectivity index (χ2v) is 15.8. The van der Waals surface area contributed by atoms with Crippen LogP contribution >= 0.6 is 11.3 Å². The lowest BCUT2D eigenvalue weighted by Crippen LogP contribution is -2.14. The van der Waals surface area contributed by atoms with Crippen LogP contribution in [0.15, 0.2) is 170 Å². The van der Waals surface area contributed by atoms with Crippen LogP contribution < -0.4 is 0 Å². The molecule has 0 nitrogen and oxygen atoms in total. The fourth-order valence-corrected chi connectivity index (χ4v) is 10.9. The zero-order chi connectivity index (χ0) is 34.6. The molecule has 0 amide bonds. The summed E-state index contributed by atoms with van der Waals surface area (Å²) < 4.78 is 2.79. The highest BCUT2D eigenvalue weighted by atomic mass is 32.1. The van der Waals surface area contributed by atoms with E-state index in [0.717, 1.165) is 0 Å². The second-order valence-electron chi connectivity index (χ2n) is 14.8. The lowest BCUT2D eigenvalue weighted by Gasteiger charge is -2.22. The highest BCUT2D eigenvalue weighted by molar-refractivity contribution is 7.27. The first-order chi connectivity index (χ1) is 25.6. The van der Waals surface area contributed by atoms with E-state index in [4.69, 9.17) is 0 Å². The zero-order valence-corrected chi connectivity index (χ0v) is 29.9. The Morgan fingerprint density at radius 1 is 0.346 bits per heavy atom. The Kier molecular flexibility index (Phi) is 6.27. The minimum Gasteiger partial charge on any atom is -0.134 e. The zero-order valence-electron chi connectivity index (χ0n) is 29.1. The van der Waals surface area contributed by atoms with Crippen LogP contribution in [0.3, 0.4) is 0 Å². The molecule has 11 rings (SSSR count). The van der Waals surface area contributed by atoms with Crippen molar-refractivity contribution in [3.8, 4) is 44.5 Å². The summed E-state index contributed by atoms with van der Waals surface area (Å²) >= 11 is 1.98. The molecule has 0 unspecified atom stereocenters. The normalized spacial score (nSPS) is 13.3. The molecule has 0 aliphatic heterocycles. The van der Waals surface area contributed by atoms with Crippen LogP contribution in [0.1, 0.15) is 25.0 Å². The molecule has 10 aromatic rings. The maximum Gasteiger partial charge on any atom is 0.0434 e. The van der Waals surface area contributed by atoms with Crippen LogP contribution in [-0.4, -0.2) is 0 Å². The molecule has 0 spiro atoms. The van der Waals surface area contributed by atoms with Crippen molar-refractivity contribution < 1.29 is 0 Å². The third kappa shape index (κ3) is 4.09. The molecular formula is C51H34S. The van der Waals surface area contributed by atoms with Gasteiger partial charge < -0.3 is 0 Å². The molecule has 1 aliphatic carbocycles. The van der Waals surface area contributed by atoms with Crippen LogP contribution in [0, 0.1) is 0 Å². The van der Waals surface area contributed by atoms with E-state index < -0.39 is 0 Å². The third-order valence-electron chi connectivity index (χ3n) is 11.6. The molecule has 52 heavy (non-hydrogen) atoms. The first-order valence-corrected chi connectivity index (χ1v) is 19.0. The van der Waals surface area contributed by atoms with Gasteiger partial charge in [0.1, 0.15) is 0 Å². The van der Waals surface area contributed by atoms with E-state index in [0.29, 0.717) is 0 Å². The predicted octanol–water partition coefficient (Wildman–Crippen LogP) is 14.8. The summed E-state index contributed by atoms with van der Waals surface area (Å²) in [6.45, 7) is 4.80. The minimum atomic E-state index is -0.0547. The smallest absolute Gasteiger partial charge is 0.0434 e. The van der Waals surface area contributed by atoms with Crippen molar-refractivity contribution in [2.24, 2.45) is 0 Å². The van der Waals surface area contributed by atoms with Crippen molar-refractivity contribution in [2.75, 3.05) is 0 Å². The van der Waals surface area contributed by atoms with Gasteiger partial charge in [0.25, 0.3) is 0 Å². The first-order valence-electron chi connectivity index (χ1n) is 18.2. The van der Waals surface area contributed by atoms with Gasteiger partial charge in [-0.15, -0.1) is 11.3 Å². The minimum absolute atomic E-state index is 0.0547. The van der Waals surface area contributed by atoms with Crippen LogP contribution in [0.25, 0.3) is 97.0 Å². The van der Waals surface area contributed by atoms with E-state index in [1.165, 1.54) is 108 Å². The topological polar surface area (TPSA) is 0 Å². The van der Waals surface area contributed by atoms with E-state index in [-0.39, 0.29) is 5.41 Å². The third-order valence-corrected chi connectivity index (χ3v) is 12.9. The van der Waals surface area contributed by atoms with Gasteiger partial charge in [0.15, 0.2) is 0 Å². The average molecular weight is 679 g/mol. The van der Waals surface area contributed by atoms with Crippen molar-refractivity contribution in [1.82, 2.24) is 0 Å². The van der Waals surface area contributed by atoms with Crippen molar-refractivity contribution in [2.45, 2.75) is 19.3 Å². The van der Waals surface area contributed by atoms with Crippen molar-refractivity contribution in [3.05, 3.63) is 181 Å². The Balaban J connectivity index is 1.17. The number of benzene rings is 9. The van der Waals surface area contributed by atoms with Gasteiger partial charge in [-0.25, -0.2) is 0 Å². The predicted molar refractivity (Wildman–Crippen MR) is 226 cm³/mol. The summed E-state index contributed by atoms with van der Waals surface area (Å²) in [5, 5.41) is 10.4. The fourth-order valence-electron chi connectivity index (χ4n) is 9.34. The molecule has 0 saturated carbocycles. The summed E-state index contributed by atoms with van der Waals surface area (Å²) in [5.41, 5.74) is 13.2. The van der Waals surface area contributed by atoms with Crippen LogP contribution in [-0.2, 0) is 5.41 Å². The Labute approximate surface area is 307 Å². The Bertz CT molecular complexity index is 3030. The maximum absolute atomic E-state index is 2.48. The maximum atomic E-state index is 2.48. The van der Waals surface area contributed by atoms with E-state index in [2.05, 4.69) is 184 Å². The summed E-state index contributed by atoms with van der Waals surface area (Å²) in [7, 11) is 0. The quantitative estimate of drug-likeness (QED) is 0.163. The van der Waals surface area contributed by atoms with Crippen LogP contribution in [0.4, 0.5) is 0 Å². The molecule has 0 N–H and O–H groups in total. The van der Waals surface area contributed by atoms with E-state index in [9.17, 15) is 0 Å². The van der Waals surface area contributed by atoms with Crippen LogP contribution in [0.5, 0.6) is 0 Å². The Morgan fingerprint density at radius 2 is 0.885 bits per heavy atom. The molecule has 0 bridgehead atoms. The van der Waals surface area contributed by atoms with Crippen molar-refractivity contribution >= 4 is 63.8 Å². The fraction of sp³-hybridized carbons (Fsp3) is 0.0588. The standard InChI is InChI=1S/C51H34S/c1-51(2)45-26-13-12-20-35(45)40-27-28-42-44-30-43(34-19-6-11-25-41(34)49(44)52-50(42)48(40)51)32-17-14-18-33(29-32)47-38-23-9-7-21-36(38)46(31-15-4-3-5-16-31)37-22-8-10-24-39(37)47/h3-30H,1-2H3. The lowest BCUT2D eigenvalue weighted by molar-refractivity contribution is 0.667. The summed E-state index contributed by atoms with van der Waals surface area (Å²) in [5.74, 6) is 0. The molecule has 1 heterocycles. The monoisotopic (exact) mass is 678 g/mol. The van der Waals surface area contributed by atoms with Crippen LogP contribution in [0.2, 0.25) is 0 Å². The molecule has 9 aromatic carbocycles. The highest BCUT2D eigenvalue weighted by Gasteiger charge is 2.37. The molecule has 0 atom stereocenters. The summed E-state index contributed by atoms with van der Waals surface area (Å²) in [6, 6.07) is 63.2. The van der Waals surface area contributed by atoms with Crippen molar-refractivity contribution in [1.29, 1.82) is 0 Å². The largest absolute Gasteiger partial charge is 0.134 e. The summed E-state index contributed by atoms with van der Waals surface area (Å²) in [4.78, 5) is 0. The second kappa shape index (κ2) is 11.0. The van der Waals surface area contributed by atoms with Gasteiger partial charge in [-0.3, -0.25) is 0 Å². The van der Waals surface area contributed by atoms with E-state index in [1.54, 1.807) is 0 Å². The van der Waals surface area contributed by atoms with E-state index >= 15 is 0 Å². The van der Waals surface area contributed by atoms with Gasteiger partial charge in [-0.05, 0) is 94.7 Å². The van der Waals surface area contributed by atoms with Gasteiger partial charge in [-0.1, -0.05) is 172 Å². The number of fused-ring (bicyclic) bond motifs is 11. The molecule has 0 saturated heterocycles. The SMILES string of the molecule is CC1(C)c2ccccc2-c2ccc3c(sc4c5ccccc5c(-c5cccc(-c6c7ccccc7c(-c7ccccc7)c7ccccc67)c5)cc34)c21.